The van der Waals surface area contributed by atoms with Gasteiger partial charge in [-0.15, -0.1) is 22.7 Å². The smallest absolute Gasteiger partial charge is 0.0946 e. The predicted octanol–water partition coefficient (Wildman–Crippen LogP) is 4.04. The lowest BCUT2D eigenvalue weighted by atomic mass is 10.2. The molecule has 1 atom stereocenters. The van der Waals surface area contributed by atoms with Crippen molar-refractivity contribution in [3.8, 4) is 0 Å². The summed E-state index contributed by atoms with van der Waals surface area (Å²) in [5, 5.41) is 5.71. The monoisotopic (exact) mass is 323 g/mol. The lowest BCUT2D eigenvalue weighted by molar-refractivity contribution is 0.560. The second kappa shape index (κ2) is 6.54. The highest BCUT2D eigenvalue weighted by molar-refractivity contribution is 7.16. The highest BCUT2D eigenvalue weighted by Gasteiger charge is 2.16. The number of hydrogen-bond donors (Lipinski definition) is 1. The quantitative estimate of drug-likeness (QED) is 0.742. The maximum Gasteiger partial charge on any atom is 0.0946 e. The number of nitrogens with zero attached hydrogens (tertiary/aromatic N) is 2. The Bertz CT molecular complexity index is 631. The van der Waals surface area contributed by atoms with Crippen molar-refractivity contribution >= 4 is 34.3 Å². The van der Waals surface area contributed by atoms with Gasteiger partial charge in [0.2, 0.25) is 0 Å². The van der Waals surface area contributed by atoms with Crippen LogP contribution in [0.1, 0.15) is 15.8 Å². The van der Waals surface area contributed by atoms with Crippen molar-refractivity contribution in [2.45, 2.75) is 12.6 Å². The lowest BCUT2D eigenvalue weighted by Crippen LogP contribution is -2.24. The van der Waals surface area contributed by atoms with E-state index in [9.17, 15) is 0 Å². The van der Waals surface area contributed by atoms with Crippen LogP contribution >= 0.6 is 34.3 Å². The maximum absolute atomic E-state index is 6.06. The standard InChI is InChI=1S/C14H14ClN3S2/c15-13-4-3-12(20-13)14(11-2-1-9-19-11)17-6-8-18-7-5-16-10-18/h1-5,7,9-10,14,17H,6,8H2. The van der Waals surface area contributed by atoms with Crippen LogP contribution in [0.5, 0.6) is 0 Å². The van der Waals surface area contributed by atoms with Gasteiger partial charge in [-0.1, -0.05) is 17.7 Å². The molecule has 1 N–H and O–H groups in total. The largest absolute Gasteiger partial charge is 0.336 e. The average Bonchev–Trinajstić information content (AvgIpc) is 3.17. The molecule has 0 aromatic carbocycles. The van der Waals surface area contributed by atoms with Gasteiger partial charge >= 0.3 is 0 Å². The van der Waals surface area contributed by atoms with Crippen molar-refractivity contribution in [3.05, 3.63) is 62.5 Å². The fourth-order valence-electron chi connectivity index (χ4n) is 2.04. The minimum absolute atomic E-state index is 0.219. The summed E-state index contributed by atoms with van der Waals surface area (Å²) in [7, 11) is 0. The van der Waals surface area contributed by atoms with E-state index in [0.717, 1.165) is 17.4 Å². The number of rotatable bonds is 6. The second-order valence-electron chi connectivity index (χ2n) is 4.34. The molecule has 3 aromatic rings. The summed E-state index contributed by atoms with van der Waals surface area (Å²) in [6.07, 6.45) is 5.61. The van der Waals surface area contributed by atoms with Gasteiger partial charge < -0.3 is 9.88 Å². The molecule has 0 fully saturated rings. The van der Waals surface area contributed by atoms with Crippen LogP contribution in [0.2, 0.25) is 4.34 Å². The molecule has 0 bridgehead atoms. The van der Waals surface area contributed by atoms with E-state index in [2.05, 4.69) is 38.4 Å². The lowest BCUT2D eigenvalue weighted by Gasteiger charge is -2.16. The molecule has 20 heavy (non-hydrogen) atoms. The summed E-state index contributed by atoms with van der Waals surface area (Å²) >= 11 is 9.46. The first kappa shape index (κ1) is 13.8. The first-order chi connectivity index (χ1) is 9.83. The summed E-state index contributed by atoms with van der Waals surface area (Å²) in [6.45, 7) is 1.79. The van der Waals surface area contributed by atoms with E-state index in [-0.39, 0.29) is 6.04 Å². The number of halogens is 1. The van der Waals surface area contributed by atoms with Crippen molar-refractivity contribution < 1.29 is 0 Å². The van der Waals surface area contributed by atoms with Crippen molar-refractivity contribution in [1.29, 1.82) is 0 Å². The maximum atomic E-state index is 6.06. The van der Waals surface area contributed by atoms with Crippen molar-refractivity contribution in [1.82, 2.24) is 14.9 Å². The molecule has 0 spiro atoms. The van der Waals surface area contributed by atoms with Gasteiger partial charge in [-0.2, -0.15) is 0 Å². The fourth-order valence-corrected chi connectivity index (χ4v) is 4.09. The zero-order chi connectivity index (χ0) is 13.8. The van der Waals surface area contributed by atoms with Gasteiger partial charge in [0.15, 0.2) is 0 Å². The van der Waals surface area contributed by atoms with E-state index in [1.807, 2.05) is 18.6 Å². The van der Waals surface area contributed by atoms with Gasteiger partial charge in [0, 0.05) is 35.2 Å². The highest BCUT2D eigenvalue weighted by atomic mass is 35.5. The second-order valence-corrected chi connectivity index (χ2v) is 7.07. The van der Waals surface area contributed by atoms with Gasteiger partial charge in [-0.3, -0.25) is 0 Å². The van der Waals surface area contributed by atoms with Crippen LogP contribution < -0.4 is 5.32 Å². The predicted molar refractivity (Wildman–Crippen MR) is 85.7 cm³/mol. The van der Waals surface area contributed by atoms with E-state index in [1.165, 1.54) is 9.75 Å². The fraction of sp³-hybridized carbons (Fsp3) is 0.214. The number of hydrogen-bond acceptors (Lipinski definition) is 4. The summed E-state index contributed by atoms with van der Waals surface area (Å²) < 4.78 is 2.90. The molecule has 0 radical (unpaired) electrons. The van der Waals surface area contributed by atoms with Crippen LogP contribution in [0, 0.1) is 0 Å². The summed E-state index contributed by atoms with van der Waals surface area (Å²) in [5.41, 5.74) is 0. The Morgan fingerprint density at radius 2 is 2.25 bits per heavy atom. The third kappa shape index (κ3) is 3.30. The molecule has 3 heterocycles. The van der Waals surface area contributed by atoms with E-state index < -0.39 is 0 Å². The Hall–Kier alpha value is -1.14. The minimum Gasteiger partial charge on any atom is -0.336 e. The molecule has 3 nitrogen and oxygen atoms in total. The molecule has 3 rings (SSSR count). The number of nitrogens with one attached hydrogen (secondary N) is 1. The molecule has 3 aromatic heterocycles. The zero-order valence-electron chi connectivity index (χ0n) is 10.7. The number of thiophene rings is 2. The van der Waals surface area contributed by atoms with Crippen molar-refractivity contribution in [3.63, 3.8) is 0 Å². The highest BCUT2D eigenvalue weighted by Crippen LogP contribution is 2.32. The summed E-state index contributed by atoms with van der Waals surface area (Å²) in [5.74, 6) is 0. The molecule has 0 aliphatic carbocycles. The van der Waals surface area contributed by atoms with Gasteiger partial charge in [0.1, 0.15) is 0 Å². The molecule has 104 valence electrons. The molecule has 0 aliphatic heterocycles. The van der Waals surface area contributed by atoms with Gasteiger partial charge in [-0.05, 0) is 23.6 Å². The molecule has 0 aliphatic rings. The first-order valence-corrected chi connectivity index (χ1v) is 8.38. The van der Waals surface area contributed by atoms with E-state index in [4.69, 9.17) is 11.6 Å². The van der Waals surface area contributed by atoms with E-state index in [0.29, 0.717) is 0 Å². The average molecular weight is 324 g/mol. The molecule has 1 unspecified atom stereocenters. The SMILES string of the molecule is Clc1ccc(C(NCCn2ccnc2)c2cccs2)s1. The Labute approximate surface area is 130 Å². The number of aromatic nitrogens is 2. The van der Waals surface area contributed by atoms with Crippen LogP contribution in [-0.2, 0) is 6.54 Å². The molecule has 6 heteroatoms. The normalized spacial score (nSPS) is 12.7. The molecule has 0 saturated heterocycles. The Morgan fingerprint density at radius 1 is 1.30 bits per heavy atom. The Kier molecular flexibility index (Phi) is 4.52. The molecular formula is C14H14ClN3S2. The molecule has 0 amide bonds. The van der Waals surface area contributed by atoms with Gasteiger partial charge in [-0.25, -0.2) is 4.98 Å². The third-order valence-corrected chi connectivity index (χ3v) is 5.22. The number of imidazole rings is 1. The van der Waals surface area contributed by atoms with E-state index in [1.54, 1.807) is 28.9 Å². The zero-order valence-corrected chi connectivity index (χ0v) is 13.1. The Balaban J connectivity index is 1.70. The third-order valence-electron chi connectivity index (χ3n) is 2.98. The molecular weight excluding hydrogens is 310 g/mol. The minimum atomic E-state index is 0.219. The first-order valence-electron chi connectivity index (χ1n) is 6.31. The van der Waals surface area contributed by atoms with Gasteiger partial charge in [0.25, 0.3) is 0 Å². The topological polar surface area (TPSA) is 29.9 Å². The summed E-state index contributed by atoms with van der Waals surface area (Å²) in [4.78, 5) is 6.62. The van der Waals surface area contributed by atoms with Crippen LogP contribution in [0.3, 0.4) is 0 Å². The molecule has 0 saturated carbocycles. The van der Waals surface area contributed by atoms with Crippen LogP contribution in [-0.4, -0.2) is 16.1 Å². The van der Waals surface area contributed by atoms with Crippen molar-refractivity contribution in [2.24, 2.45) is 0 Å². The van der Waals surface area contributed by atoms with Gasteiger partial charge in [0.05, 0.1) is 16.7 Å². The Morgan fingerprint density at radius 3 is 2.90 bits per heavy atom. The van der Waals surface area contributed by atoms with Crippen molar-refractivity contribution in [2.75, 3.05) is 6.54 Å². The van der Waals surface area contributed by atoms with Crippen LogP contribution in [0.15, 0.2) is 48.4 Å². The van der Waals surface area contributed by atoms with Crippen LogP contribution in [0.25, 0.3) is 0 Å². The summed E-state index contributed by atoms with van der Waals surface area (Å²) in [6, 6.07) is 8.52. The van der Waals surface area contributed by atoms with Crippen LogP contribution in [0.4, 0.5) is 0 Å². The van der Waals surface area contributed by atoms with E-state index >= 15 is 0 Å².